The molecule has 6 nitrogen and oxygen atoms in total. The van der Waals surface area contributed by atoms with E-state index in [0.717, 1.165) is 47.8 Å². The first kappa shape index (κ1) is 18.6. The summed E-state index contributed by atoms with van der Waals surface area (Å²) in [7, 11) is 0. The number of nitriles is 1. The van der Waals surface area contributed by atoms with Crippen LogP contribution >= 0.6 is 0 Å². The smallest absolute Gasteiger partial charge is 0.248 e. The fourth-order valence-corrected chi connectivity index (χ4v) is 3.43. The van der Waals surface area contributed by atoms with E-state index >= 15 is 0 Å². The number of nitrogens with zero attached hydrogens (tertiary/aromatic N) is 4. The highest BCUT2D eigenvalue weighted by atomic mass is 16.1. The number of hydrogen-bond acceptors (Lipinski definition) is 4. The van der Waals surface area contributed by atoms with Crippen LogP contribution in [-0.4, -0.2) is 20.7 Å². The lowest BCUT2D eigenvalue weighted by Gasteiger charge is -2.08. The van der Waals surface area contributed by atoms with Gasteiger partial charge in [-0.1, -0.05) is 18.6 Å². The van der Waals surface area contributed by atoms with Gasteiger partial charge in [0.2, 0.25) is 5.91 Å². The molecule has 0 spiro atoms. The minimum atomic E-state index is -0.210. The summed E-state index contributed by atoms with van der Waals surface area (Å²) >= 11 is 0. The summed E-state index contributed by atoms with van der Waals surface area (Å²) in [5.41, 5.74) is 3.17. The van der Waals surface area contributed by atoms with Crippen LogP contribution in [0.25, 0.3) is 17.5 Å². The highest BCUT2D eigenvalue weighted by molar-refractivity contribution is 6.02. The number of rotatable bonds is 4. The fraction of sp³-hybridized carbons (Fsp3) is 0.217. The van der Waals surface area contributed by atoms with Gasteiger partial charge in [0, 0.05) is 30.3 Å². The van der Waals surface area contributed by atoms with Crippen molar-refractivity contribution in [1.29, 1.82) is 5.26 Å². The summed E-state index contributed by atoms with van der Waals surface area (Å²) in [6.45, 7) is 0.955. The Morgan fingerprint density at radius 3 is 2.59 bits per heavy atom. The van der Waals surface area contributed by atoms with Crippen molar-refractivity contribution in [2.45, 2.75) is 32.2 Å². The number of aryl methyl sites for hydroxylation is 1. The molecule has 3 aromatic rings. The maximum absolute atomic E-state index is 12.2. The molecule has 0 saturated carbocycles. The largest absolute Gasteiger partial charge is 0.323 e. The van der Waals surface area contributed by atoms with E-state index in [0.29, 0.717) is 5.56 Å². The van der Waals surface area contributed by atoms with Gasteiger partial charge >= 0.3 is 0 Å². The van der Waals surface area contributed by atoms with Crippen LogP contribution in [0.5, 0.6) is 0 Å². The molecule has 1 aliphatic rings. The maximum atomic E-state index is 12.2. The number of carbonyl (C=O) groups excluding carboxylic acids is 1. The van der Waals surface area contributed by atoms with Crippen LogP contribution in [0, 0.1) is 11.3 Å². The molecule has 2 aromatic carbocycles. The third-order valence-corrected chi connectivity index (χ3v) is 4.99. The number of anilines is 1. The molecule has 0 fully saturated rings. The SMILES string of the molecule is N#Cc1ccc(/C=C/C(=O)Nc2ccc(-c3nnc4n3CCCCC4)cc2)cc1. The molecule has 0 radical (unpaired) electrons. The van der Waals surface area contributed by atoms with Crippen LogP contribution < -0.4 is 5.32 Å². The lowest BCUT2D eigenvalue weighted by atomic mass is 10.1. The number of aromatic nitrogens is 3. The fourth-order valence-electron chi connectivity index (χ4n) is 3.43. The molecule has 0 atom stereocenters. The molecule has 2 heterocycles. The van der Waals surface area contributed by atoms with Crippen molar-refractivity contribution in [1.82, 2.24) is 14.8 Å². The summed E-state index contributed by atoms with van der Waals surface area (Å²) in [6.07, 6.45) is 7.72. The summed E-state index contributed by atoms with van der Waals surface area (Å²) in [4.78, 5) is 12.2. The van der Waals surface area contributed by atoms with Crippen molar-refractivity contribution in [3.05, 3.63) is 71.6 Å². The molecule has 1 aliphatic heterocycles. The standard InChI is InChI=1S/C23H21N5O/c24-16-18-7-5-17(6-8-18)9-14-22(29)25-20-12-10-19(11-13-20)23-27-26-21-4-2-1-3-15-28(21)23/h5-14H,1-4,15H2,(H,25,29)/b14-9+. The van der Waals surface area contributed by atoms with Crippen LogP contribution in [0.15, 0.2) is 54.6 Å². The number of amides is 1. The van der Waals surface area contributed by atoms with Gasteiger partial charge in [-0.2, -0.15) is 5.26 Å². The third-order valence-electron chi connectivity index (χ3n) is 4.99. The molecule has 6 heteroatoms. The summed E-state index contributed by atoms with van der Waals surface area (Å²) in [5, 5.41) is 20.4. The topological polar surface area (TPSA) is 83.6 Å². The Morgan fingerprint density at radius 2 is 1.83 bits per heavy atom. The number of benzene rings is 2. The van der Waals surface area contributed by atoms with E-state index in [2.05, 4.69) is 26.2 Å². The Kier molecular flexibility index (Phi) is 5.48. The predicted octanol–water partition coefficient (Wildman–Crippen LogP) is 4.20. The molecule has 0 aliphatic carbocycles. The number of carbonyl (C=O) groups is 1. The van der Waals surface area contributed by atoms with E-state index in [9.17, 15) is 4.79 Å². The zero-order valence-electron chi connectivity index (χ0n) is 16.0. The van der Waals surface area contributed by atoms with E-state index in [1.54, 1.807) is 30.3 Å². The first-order valence-electron chi connectivity index (χ1n) is 9.75. The second-order valence-corrected chi connectivity index (χ2v) is 7.04. The van der Waals surface area contributed by atoms with E-state index in [1.165, 1.54) is 18.9 Å². The summed E-state index contributed by atoms with van der Waals surface area (Å²) in [6, 6.07) is 16.8. The second kappa shape index (κ2) is 8.53. The first-order valence-corrected chi connectivity index (χ1v) is 9.75. The van der Waals surface area contributed by atoms with Gasteiger partial charge in [0.05, 0.1) is 11.6 Å². The van der Waals surface area contributed by atoms with E-state index in [4.69, 9.17) is 5.26 Å². The lowest BCUT2D eigenvalue weighted by Crippen LogP contribution is -2.07. The van der Waals surface area contributed by atoms with Crippen LogP contribution in [-0.2, 0) is 17.8 Å². The molecule has 4 rings (SSSR count). The van der Waals surface area contributed by atoms with Gasteiger partial charge in [0.25, 0.3) is 0 Å². The average molecular weight is 383 g/mol. The number of nitrogens with one attached hydrogen (secondary N) is 1. The number of fused-ring (bicyclic) bond motifs is 1. The molecule has 1 amide bonds. The van der Waals surface area contributed by atoms with E-state index in [1.807, 2.05) is 24.3 Å². The minimum Gasteiger partial charge on any atom is -0.323 e. The molecule has 0 bridgehead atoms. The average Bonchev–Trinajstić information content (AvgIpc) is 3.01. The van der Waals surface area contributed by atoms with Crippen LogP contribution in [0.2, 0.25) is 0 Å². The van der Waals surface area contributed by atoms with Crippen molar-refractivity contribution < 1.29 is 4.79 Å². The lowest BCUT2D eigenvalue weighted by molar-refractivity contribution is -0.111. The minimum absolute atomic E-state index is 0.210. The van der Waals surface area contributed by atoms with Crippen molar-refractivity contribution >= 4 is 17.7 Å². The van der Waals surface area contributed by atoms with Gasteiger partial charge in [-0.3, -0.25) is 4.79 Å². The second-order valence-electron chi connectivity index (χ2n) is 7.04. The molecular formula is C23H21N5O. The Labute approximate surface area is 169 Å². The summed E-state index contributed by atoms with van der Waals surface area (Å²) in [5.74, 6) is 1.74. The third kappa shape index (κ3) is 4.41. The molecule has 1 aromatic heterocycles. The van der Waals surface area contributed by atoms with Gasteiger partial charge in [-0.05, 0) is 60.9 Å². The normalized spacial score (nSPS) is 13.5. The van der Waals surface area contributed by atoms with Crippen molar-refractivity contribution in [3.63, 3.8) is 0 Å². The first-order chi connectivity index (χ1) is 14.2. The molecule has 1 N–H and O–H groups in total. The van der Waals surface area contributed by atoms with Crippen LogP contribution in [0.1, 0.15) is 36.2 Å². The Balaban J connectivity index is 1.42. The van der Waals surface area contributed by atoms with Crippen molar-refractivity contribution in [2.75, 3.05) is 5.32 Å². The van der Waals surface area contributed by atoms with Gasteiger partial charge in [-0.25, -0.2) is 0 Å². The zero-order valence-corrected chi connectivity index (χ0v) is 16.0. The van der Waals surface area contributed by atoms with Crippen molar-refractivity contribution in [3.8, 4) is 17.5 Å². The van der Waals surface area contributed by atoms with Gasteiger partial charge < -0.3 is 9.88 Å². The number of hydrogen-bond donors (Lipinski definition) is 1. The molecule has 29 heavy (non-hydrogen) atoms. The van der Waals surface area contributed by atoms with Crippen LogP contribution in [0.3, 0.4) is 0 Å². The quantitative estimate of drug-likeness (QED) is 0.685. The van der Waals surface area contributed by atoms with E-state index < -0.39 is 0 Å². The Bertz CT molecular complexity index is 1070. The van der Waals surface area contributed by atoms with Crippen molar-refractivity contribution in [2.24, 2.45) is 0 Å². The molecule has 0 saturated heterocycles. The molecular weight excluding hydrogens is 362 g/mol. The monoisotopic (exact) mass is 383 g/mol. The zero-order chi connectivity index (χ0) is 20.1. The molecule has 0 unspecified atom stereocenters. The maximum Gasteiger partial charge on any atom is 0.248 e. The van der Waals surface area contributed by atoms with Gasteiger partial charge in [0.1, 0.15) is 5.82 Å². The van der Waals surface area contributed by atoms with Gasteiger partial charge in [-0.15, -0.1) is 10.2 Å². The van der Waals surface area contributed by atoms with Gasteiger partial charge in [0.15, 0.2) is 5.82 Å². The Hall–Kier alpha value is -3.72. The summed E-state index contributed by atoms with van der Waals surface area (Å²) < 4.78 is 2.21. The highest BCUT2D eigenvalue weighted by Crippen LogP contribution is 2.24. The Morgan fingerprint density at radius 1 is 1.03 bits per heavy atom. The van der Waals surface area contributed by atoms with E-state index in [-0.39, 0.29) is 5.91 Å². The predicted molar refractivity (Wildman–Crippen MR) is 112 cm³/mol. The highest BCUT2D eigenvalue weighted by Gasteiger charge is 2.15. The molecule has 144 valence electrons. The van der Waals surface area contributed by atoms with Crippen LogP contribution in [0.4, 0.5) is 5.69 Å².